The van der Waals surface area contributed by atoms with Gasteiger partial charge in [0.1, 0.15) is 11.5 Å². The second-order valence-electron chi connectivity index (χ2n) is 7.10. The minimum atomic E-state index is -0.0602. The lowest BCUT2D eigenvalue weighted by Gasteiger charge is -2.33. The first kappa shape index (κ1) is 19.5. The van der Waals surface area contributed by atoms with Crippen molar-refractivity contribution in [3.63, 3.8) is 0 Å². The van der Waals surface area contributed by atoms with E-state index in [4.69, 9.17) is 20.8 Å². The number of amides is 1. The van der Waals surface area contributed by atoms with Gasteiger partial charge in [0.25, 0.3) is 5.91 Å². The van der Waals surface area contributed by atoms with E-state index in [-0.39, 0.29) is 12.6 Å². The number of benzene rings is 1. The molecule has 1 aliphatic rings. The lowest BCUT2D eigenvalue weighted by molar-refractivity contribution is 0.0613. The van der Waals surface area contributed by atoms with Gasteiger partial charge in [-0.3, -0.25) is 9.69 Å². The van der Waals surface area contributed by atoms with Crippen LogP contribution in [-0.2, 0) is 13.3 Å². The topological polar surface area (TPSA) is 63.7 Å². The largest absolute Gasteiger partial charge is 0.470 e. The van der Waals surface area contributed by atoms with E-state index in [2.05, 4.69) is 10.00 Å². The Morgan fingerprint density at radius 3 is 2.79 bits per heavy atom. The van der Waals surface area contributed by atoms with Gasteiger partial charge in [-0.05, 0) is 42.8 Å². The normalized spacial score (nSPS) is 14.9. The zero-order valence-corrected chi connectivity index (χ0v) is 17.0. The van der Waals surface area contributed by atoms with Crippen molar-refractivity contribution in [1.82, 2.24) is 19.6 Å². The zero-order valence-electron chi connectivity index (χ0n) is 16.3. The number of halogens is 1. The maximum atomic E-state index is 12.8. The number of carbonyl (C=O) groups excluding carboxylic acids is 1. The fourth-order valence-corrected chi connectivity index (χ4v) is 3.47. The quantitative estimate of drug-likeness (QED) is 0.618. The van der Waals surface area contributed by atoms with E-state index >= 15 is 0 Å². The van der Waals surface area contributed by atoms with Crippen molar-refractivity contribution in [3.05, 3.63) is 70.9 Å². The highest BCUT2D eigenvalue weighted by Gasteiger charge is 2.24. The summed E-state index contributed by atoms with van der Waals surface area (Å²) in [5, 5.41) is 4.91. The molecule has 3 heterocycles. The second kappa shape index (κ2) is 8.71. The summed E-state index contributed by atoms with van der Waals surface area (Å²) in [5.74, 6) is 1.48. The van der Waals surface area contributed by atoms with Gasteiger partial charge in [0, 0.05) is 32.4 Å². The van der Waals surface area contributed by atoms with E-state index in [1.54, 1.807) is 29.3 Å². The molecule has 0 atom stereocenters. The minimum Gasteiger partial charge on any atom is -0.470 e. The summed E-state index contributed by atoms with van der Waals surface area (Å²) in [4.78, 5) is 16.9. The molecule has 7 nitrogen and oxygen atoms in total. The molecule has 0 bridgehead atoms. The molecule has 4 rings (SSSR count). The summed E-state index contributed by atoms with van der Waals surface area (Å²) in [6.45, 7) is 5.88. The van der Waals surface area contributed by atoms with Crippen molar-refractivity contribution in [2.24, 2.45) is 0 Å². The Labute approximate surface area is 174 Å². The number of carbonyl (C=O) groups is 1. The van der Waals surface area contributed by atoms with Gasteiger partial charge in [0.15, 0.2) is 12.4 Å². The second-order valence-corrected chi connectivity index (χ2v) is 7.50. The Morgan fingerprint density at radius 2 is 2.03 bits per heavy atom. The van der Waals surface area contributed by atoms with E-state index in [0.717, 1.165) is 31.0 Å². The predicted molar refractivity (Wildman–Crippen MR) is 109 cm³/mol. The monoisotopic (exact) mass is 414 g/mol. The van der Waals surface area contributed by atoms with Gasteiger partial charge in [-0.15, -0.1) is 0 Å². The lowest BCUT2D eigenvalue weighted by Crippen LogP contribution is -2.48. The van der Waals surface area contributed by atoms with E-state index in [1.165, 1.54) is 0 Å². The third-order valence-electron chi connectivity index (χ3n) is 4.92. The number of aromatic nitrogens is 2. The van der Waals surface area contributed by atoms with Crippen LogP contribution in [0.3, 0.4) is 0 Å². The van der Waals surface area contributed by atoms with Crippen LogP contribution in [-0.4, -0.2) is 51.7 Å². The predicted octanol–water partition coefficient (Wildman–Crippen LogP) is 3.43. The number of hydrogen-bond acceptors (Lipinski definition) is 5. The van der Waals surface area contributed by atoms with Crippen LogP contribution in [0.5, 0.6) is 5.75 Å². The highest BCUT2D eigenvalue weighted by Crippen LogP contribution is 2.25. The van der Waals surface area contributed by atoms with Crippen LogP contribution in [0.25, 0.3) is 0 Å². The third-order valence-corrected chi connectivity index (χ3v) is 5.23. The molecular formula is C21H23ClN4O3. The summed E-state index contributed by atoms with van der Waals surface area (Å²) < 4.78 is 12.7. The van der Waals surface area contributed by atoms with E-state index in [9.17, 15) is 4.79 Å². The van der Waals surface area contributed by atoms with Crippen molar-refractivity contribution in [1.29, 1.82) is 0 Å². The zero-order chi connectivity index (χ0) is 20.2. The number of hydrogen-bond donors (Lipinski definition) is 0. The molecule has 1 saturated heterocycles. The Balaban J connectivity index is 1.30. The molecule has 8 heteroatoms. The summed E-state index contributed by atoms with van der Waals surface area (Å²) in [7, 11) is 0. The molecule has 0 saturated carbocycles. The molecule has 2 aromatic heterocycles. The lowest BCUT2D eigenvalue weighted by atomic mass is 10.2. The van der Waals surface area contributed by atoms with Crippen molar-refractivity contribution in [2.45, 2.75) is 20.2 Å². The van der Waals surface area contributed by atoms with Gasteiger partial charge in [-0.25, -0.2) is 4.68 Å². The molecule has 3 aromatic rings. The fourth-order valence-electron chi connectivity index (χ4n) is 3.30. The Bertz CT molecular complexity index is 962. The van der Waals surface area contributed by atoms with Crippen molar-refractivity contribution < 1.29 is 13.9 Å². The standard InChI is InChI=1S/C21H23ClN4O3/c1-16-4-5-18(22)20(13-16)29-15-26-7-6-19(23-26)21(27)25-10-8-24(9-11-25)14-17-3-2-12-28-17/h2-7,12-13H,8-11,14-15H2,1H3. The average molecular weight is 415 g/mol. The van der Waals surface area contributed by atoms with E-state index < -0.39 is 0 Å². The van der Waals surface area contributed by atoms with Crippen LogP contribution in [0.2, 0.25) is 5.02 Å². The molecule has 29 heavy (non-hydrogen) atoms. The first-order chi connectivity index (χ1) is 14.1. The smallest absolute Gasteiger partial charge is 0.274 e. The summed E-state index contributed by atoms with van der Waals surface area (Å²) >= 11 is 6.15. The Kier molecular flexibility index (Phi) is 5.87. The van der Waals surface area contributed by atoms with Crippen LogP contribution in [0.15, 0.2) is 53.3 Å². The molecular weight excluding hydrogens is 392 g/mol. The van der Waals surface area contributed by atoms with Gasteiger partial charge in [-0.1, -0.05) is 17.7 Å². The summed E-state index contributed by atoms with van der Waals surface area (Å²) in [5.41, 5.74) is 1.48. The Hall–Kier alpha value is -2.77. The number of aryl methyl sites for hydroxylation is 1. The first-order valence-corrected chi connectivity index (χ1v) is 9.93. The molecule has 0 N–H and O–H groups in total. The molecule has 0 radical (unpaired) electrons. The van der Waals surface area contributed by atoms with Gasteiger partial charge in [-0.2, -0.15) is 5.10 Å². The number of rotatable bonds is 6. The van der Waals surface area contributed by atoms with Crippen LogP contribution >= 0.6 is 11.6 Å². The van der Waals surface area contributed by atoms with Crippen LogP contribution in [0.1, 0.15) is 21.8 Å². The first-order valence-electron chi connectivity index (χ1n) is 9.55. The van der Waals surface area contributed by atoms with Gasteiger partial charge in [0.2, 0.25) is 0 Å². The maximum absolute atomic E-state index is 12.8. The average Bonchev–Trinajstić information content (AvgIpc) is 3.41. The molecule has 1 aromatic carbocycles. The molecule has 152 valence electrons. The molecule has 1 aliphatic heterocycles. The number of furan rings is 1. The number of piperazine rings is 1. The number of ether oxygens (including phenoxy) is 1. The molecule has 0 unspecified atom stereocenters. The maximum Gasteiger partial charge on any atom is 0.274 e. The van der Waals surface area contributed by atoms with Gasteiger partial charge >= 0.3 is 0 Å². The van der Waals surface area contributed by atoms with E-state index in [0.29, 0.717) is 29.6 Å². The van der Waals surface area contributed by atoms with Crippen LogP contribution in [0.4, 0.5) is 0 Å². The van der Waals surface area contributed by atoms with Crippen LogP contribution in [0, 0.1) is 6.92 Å². The number of nitrogens with zero attached hydrogens (tertiary/aromatic N) is 4. The Morgan fingerprint density at radius 1 is 1.21 bits per heavy atom. The molecule has 1 fully saturated rings. The minimum absolute atomic E-state index is 0.0602. The molecule has 0 spiro atoms. The van der Waals surface area contributed by atoms with Crippen molar-refractivity contribution in [3.8, 4) is 5.75 Å². The third kappa shape index (κ3) is 4.81. The highest BCUT2D eigenvalue weighted by atomic mass is 35.5. The summed E-state index contributed by atoms with van der Waals surface area (Å²) in [6.07, 6.45) is 3.42. The SMILES string of the molecule is Cc1ccc(Cl)c(OCn2ccc(C(=O)N3CCN(Cc4ccco4)CC3)n2)c1. The fraction of sp³-hybridized carbons (Fsp3) is 0.333. The van der Waals surface area contributed by atoms with Crippen molar-refractivity contribution in [2.75, 3.05) is 26.2 Å². The van der Waals surface area contributed by atoms with Crippen LogP contribution < -0.4 is 4.74 Å². The highest BCUT2D eigenvalue weighted by molar-refractivity contribution is 6.32. The van der Waals surface area contributed by atoms with Gasteiger partial charge < -0.3 is 14.1 Å². The molecule has 0 aliphatic carbocycles. The molecule has 1 amide bonds. The van der Waals surface area contributed by atoms with Gasteiger partial charge in [0.05, 0.1) is 17.8 Å². The summed E-state index contributed by atoms with van der Waals surface area (Å²) in [6, 6.07) is 11.2. The van der Waals surface area contributed by atoms with E-state index in [1.807, 2.05) is 36.1 Å². The van der Waals surface area contributed by atoms with Crippen molar-refractivity contribution >= 4 is 17.5 Å².